The van der Waals surface area contributed by atoms with Gasteiger partial charge in [-0.2, -0.15) is 10.2 Å². The molecule has 1 unspecified atom stereocenters. The third-order valence-electron chi connectivity index (χ3n) is 5.48. The zero-order chi connectivity index (χ0) is 20.5. The maximum atomic E-state index is 9.48. The maximum Gasteiger partial charge on any atom is 0.129 e. The van der Waals surface area contributed by atoms with E-state index in [4.69, 9.17) is 4.98 Å². The molecule has 1 fully saturated rings. The van der Waals surface area contributed by atoms with Crippen LogP contribution < -0.4 is 10.2 Å². The van der Waals surface area contributed by atoms with Crippen LogP contribution in [0.25, 0.3) is 33.5 Å². The molecule has 0 radical (unpaired) electrons. The standard InChI is InChI=1S/C21H24N8O/c1-2-29-11-14(9-24-29)18-8-16-19(10-23-18)26-27-21(16)17-4-3-5-20(25-17)28-7-6-22-15(12-28)13-30/h3-5,8-11,15,22,30H,2,6-7,12-13H2,1H3,(H,26,27). The smallest absolute Gasteiger partial charge is 0.129 e. The van der Waals surface area contributed by atoms with Gasteiger partial charge in [-0.25, -0.2) is 4.98 Å². The highest BCUT2D eigenvalue weighted by atomic mass is 16.3. The summed E-state index contributed by atoms with van der Waals surface area (Å²) in [4.78, 5) is 11.6. The molecule has 0 amide bonds. The van der Waals surface area contributed by atoms with E-state index in [2.05, 4.69) is 37.4 Å². The van der Waals surface area contributed by atoms with Crippen LogP contribution in [0.5, 0.6) is 0 Å². The lowest BCUT2D eigenvalue weighted by atomic mass is 10.1. The van der Waals surface area contributed by atoms with Crippen molar-refractivity contribution < 1.29 is 5.11 Å². The molecule has 9 nitrogen and oxygen atoms in total. The monoisotopic (exact) mass is 404 g/mol. The molecule has 0 aliphatic carbocycles. The molecule has 0 saturated carbocycles. The fourth-order valence-electron chi connectivity index (χ4n) is 3.83. The molecule has 4 aromatic rings. The lowest BCUT2D eigenvalue weighted by Gasteiger charge is -2.33. The SMILES string of the molecule is CCn1cc(-c2cc3c(-c4cccc(N5CCNC(CO)C5)n4)n[nH]c3cn2)cn1. The first-order valence-electron chi connectivity index (χ1n) is 10.2. The number of piperazine rings is 1. The van der Waals surface area contributed by atoms with Crippen molar-refractivity contribution in [3.8, 4) is 22.6 Å². The molecule has 30 heavy (non-hydrogen) atoms. The Hall–Kier alpha value is -3.30. The number of aliphatic hydroxyl groups excluding tert-OH is 1. The largest absolute Gasteiger partial charge is 0.395 e. The van der Waals surface area contributed by atoms with Crippen molar-refractivity contribution in [1.82, 2.24) is 35.3 Å². The predicted molar refractivity (Wildman–Crippen MR) is 115 cm³/mol. The number of aliphatic hydroxyl groups is 1. The number of aromatic nitrogens is 6. The van der Waals surface area contributed by atoms with Crippen molar-refractivity contribution in [3.05, 3.63) is 42.9 Å². The van der Waals surface area contributed by atoms with Crippen LogP contribution in [0, 0.1) is 0 Å². The average molecular weight is 404 g/mol. The van der Waals surface area contributed by atoms with Crippen molar-refractivity contribution >= 4 is 16.7 Å². The molecule has 5 heterocycles. The van der Waals surface area contributed by atoms with Gasteiger partial charge >= 0.3 is 0 Å². The van der Waals surface area contributed by atoms with Crippen molar-refractivity contribution in [2.24, 2.45) is 0 Å². The van der Waals surface area contributed by atoms with E-state index >= 15 is 0 Å². The molecule has 154 valence electrons. The molecular formula is C21H24N8O. The first kappa shape index (κ1) is 18.7. The van der Waals surface area contributed by atoms with Crippen LogP contribution in [0.2, 0.25) is 0 Å². The summed E-state index contributed by atoms with van der Waals surface area (Å²) in [7, 11) is 0. The van der Waals surface area contributed by atoms with E-state index in [1.54, 1.807) is 6.20 Å². The van der Waals surface area contributed by atoms with Crippen LogP contribution in [-0.4, -0.2) is 67.3 Å². The molecule has 0 spiro atoms. The fraction of sp³-hybridized carbons (Fsp3) is 0.333. The third kappa shape index (κ3) is 3.42. The number of nitrogens with one attached hydrogen (secondary N) is 2. The van der Waals surface area contributed by atoms with E-state index in [1.807, 2.05) is 41.3 Å². The molecule has 1 saturated heterocycles. The van der Waals surface area contributed by atoms with Crippen molar-refractivity contribution in [2.45, 2.75) is 19.5 Å². The van der Waals surface area contributed by atoms with Crippen LogP contribution in [0.4, 0.5) is 5.82 Å². The number of hydrogen-bond acceptors (Lipinski definition) is 7. The Bertz CT molecular complexity index is 1170. The highest BCUT2D eigenvalue weighted by molar-refractivity contribution is 5.93. The summed E-state index contributed by atoms with van der Waals surface area (Å²) in [6.07, 6.45) is 5.63. The Morgan fingerprint density at radius 1 is 1.23 bits per heavy atom. The number of nitrogens with zero attached hydrogens (tertiary/aromatic N) is 6. The summed E-state index contributed by atoms with van der Waals surface area (Å²) >= 11 is 0. The summed E-state index contributed by atoms with van der Waals surface area (Å²) in [5, 5.41) is 25.7. The Balaban J connectivity index is 1.51. The number of aryl methyl sites for hydroxylation is 1. The van der Waals surface area contributed by atoms with E-state index in [9.17, 15) is 5.11 Å². The fourth-order valence-corrected chi connectivity index (χ4v) is 3.83. The lowest BCUT2D eigenvalue weighted by Crippen LogP contribution is -2.52. The van der Waals surface area contributed by atoms with Gasteiger partial charge in [0.25, 0.3) is 0 Å². The number of rotatable bonds is 5. The Kier molecular flexibility index (Phi) is 4.89. The second kappa shape index (κ2) is 7.85. The second-order valence-electron chi connectivity index (χ2n) is 7.43. The molecule has 9 heteroatoms. The molecule has 1 atom stereocenters. The normalized spacial score (nSPS) is 17.0. The van der Waals surface area contributed by atoms with Gasteiger partial charge in [-0.1, -0.05) is 6.07 Å². The van der Waals surface area contributed by atoms with Crippen LogP contribution in [0.15, 0.2) is 42.9 Å². The molecule has 4 aromatic heterocycles. The van der Waals surface area contributed by atoms with Crippen LogP contribution in [0.1, 0.15) is 6.92 Å². The molecule has 3 N–H and O–H groups in total. The number of hydrogen-bond donors (Lipinski definition) is 3. The molecule has 1 aliphatic heterocycles. The van der Waals surface area contributed by atoms with Gasteiger partial charge in [0.15, 0.2) is 0 Å². The van der Waals surface area contributed by atoms with Gasteiger partial charge in [-0.3, -0.25) is 14.8 Å². The molecule has 5 rings (SSSR count). The second-order valence-corrected chi connectivity index (χ2v) is 7.43. The lowest BCUT2D eigenvalue weighted by molar-refractivity contribution is 0.235. The van der Waals surface area contributed by atoms with E-state index in [1.165, 1.54) is 0 Å². The molecule has 0 aromatic carbocycles. The van der Waals surface area contributed by atoms with Gasteiger partial charge in [0.1, 0.15) is 11.5 Å². The van der Waals surface area contributed by atoms with Crippen LogP contribution in [-0.2, 0) is 6.54 Å². The van der Waals surface area contributed by atoms with Gasteiger partial charge < -0.3 is 15.3 Å². The number of anilines is 1. The third-order valence-corrected chi connectivity index (χ3v) is 5.48. The van der Waals surface area contributed by atoms with E-state index in [-0.39, 0.29) is 12.6 Å². The van der Waals surface area contributed by atoms with Gasteiger partial charge in [0.05, 0.1) is 35.9 Å². The number of pyridine rings is 2. The number of H-pyrrole nitrogens is 1. The van der Waals surface area contributed by atoms with Gasteiger partial charge in [0, 0.05) is 49.4 Å². The Morgan fingerprint density at radius 3 is 3.00 bits per heavy atom. The highest BCUT2D eigenvalue weighted by Gasteiger charge is 2.20. The van der Waals surface area contributed by atoms with Crippen molar-refractivity contribution in [1.29, 1.82) is 0 Å². The number of aromatic amines is 1. The van der Waals surface area contributed by atoms with Gasteiger partial charge in [-0.15, -0.1) is 0 Å². The molecule has 1 aliphatic rings. The Morgan fingerprint density at radius 2 is 2.17 bits per heavy atom. The summed E-state index contributed by atoms with van der Waals surface area (Å²) in [5.41, 5.74) is 4.30. The van der Waals surface area contributed by atoms with E-state index in [0.29, 0.717) is 0 Å². The maximum absolute atomic E-state index is 9.48. The molecular weight excluding hydrogens is 380 g/mol. The quantitative estimate of drug-likeness (QED) is 0.464. The minimum atomic E-state index is 0.0630. The summed E-state index contributed by atoms with van der Waals surface area (Å²) in [6.45, 7) is 5.39. The minimum absolute atomic E-state index is 0.0630. The van der Waals surface area contributed by atoms with Crippen LogP contribution >= 0.6 is 0 Å². The Labute approximate surface area is 173 Å². The van der Waals surface area contributed by atoms with Gasteiger partial charge in [0.2, 0.25) is 0 Å². The molecule has 0 bridgehead atoms. The minimum Gasteiger partial charge on any atom is -0.395 e. The van der Waals surface area contributed by atoms with E-state index < -0.39 is 0 Å². The topological polar surface area (TPSA) is 108 Å². The van der Waals surface area contributed by atoms with Crippen molar-refractivity contribution in [2.75, 3.05) is 31.1 Å². The first-order valence-corrected chi connectivity index (χ1v) is 10.2. The van der Waals surface area contributed by atoms with Crippen LogP contribution in [0.3, 0.4) is 0 Å². The van der Waals surface area contributed by atoms with Crippen molar-refractivity contribution in [3.63, 3.8) is 0 Å². The zero-order valence-electron chi connectivity index (χ0n) is 16.8. The van der Waals surface area contributed by atoms with E-state index in [0.717, 1.165) is 65.5 Å². The first-order chi connectivity index (χ1) is 14.7. The zero-order valence-corrected chi connectivity index (χ0v) is 16.8. The average Bonchev–Trinajstić information content (AvgIpc) is 3.46. The summed E-state index contributed by atoms with van der Waals surface area (Å²) < 4.78 is 1.88. The summed E-state index contributed by atoms with van der Waals surface area (Å²) in [6, 6.07) is 8.07. The van der Waals surface area contributed by atoms with Gasteiger partial charge in [-0.05, 0) is 25.1 Å². The highest BCUT2D eigenvalue weighted by Crippen LogP contribution is 2.29. The number of fused-ring (bicyclic) bond motifs is 1. The predicted octanol–water partition coefficient (Wildman–Crippen LogP) is 1.67. The summed E-state index contributed by atoms with van der Waals surface area (Å²) in [5.74, 6) is 0.891.